The summed E-state index contributed by atoms with van der Waals surface area (Å²) in [5.74, 6) is 0.278. The number of benzene rings is 1. The van der Waals surface area contributed by atoms with E-state index in [1.807, 2.05) is 6.07 Å². The lowest BCUT2D eigenvalue weighted by Gasteiger charge is -2.45. The fourth-order valence-electron chi connectivity index (χ4n) is 4.65. The third-order valence-corrected chi connectivity index (χ3v) is 5.51. The molecule has 0 spiro atoms. The number of rotatable bonds is 4. The van der Waals surface area contributed by atoms with Crippen LogP contribution < -0.4 is 0 Å². The maximum atomic E-state index is 12.0. The lowest BCUT2D eigenvalue weighted by atomic mass is 9.73. The van der Waals surface area contributed by atoms with Gasteiger partial charge in [0.2, 0.25) is 0 Å². The van der Waals surface area contributed by atoms with Crippen LogP contribution in [0.25, 0.3) is 0 Å². The van der Waals surface area contributed by atoms with Gasteiger partial charge in [-0.15, -0.1) is 12.4 Å². The number of likely N-dealkylation sites (tertiary alicyclic amines) is 1. The molecular formula is C19H28ClNO2. The Morgan fingerprint density at radius 3 is 2.30 bits per heavy atom. The Morgan fingerprint density at radius 1 is 1.13 bits per heavy atom. The Balaban J connectivity index is 0.00000192. The number of esters is 1. The van der Waals surface area contributed by atoms with Crippen molar-refractivity contribution in [3.63, 3.8) is 0 Å². The predicted molar refractivity (Wildman–Crippen MR) is 94.7 cm³/mol. The minimum Gasteiger partial charge on any atom is -0.452 e. The minimum atomic E-state index is -0.477. The molecule has 0 radical (unpaired) electrons. The molecule has 3 nitrogen and oxygen atoms in total. The number of carbonyl (C=O) groups is 1. The summed E-state index contributed by atoms with van der Waals surface area (Å²) < 4.78 is 6.18. The van der Waals surface area contributed by atoms with E-state index in [-0.39, 0.29) is 18.4 Å². The second kappa shape index (κ2) is 7.67. The second-order valence-electron chi connectivity index (χ2n) is 6.87. The highest BCUT2D eigenvalue weighted by Gasteiger charge is 2.52. The van der Waals surface area contributed by atoms with E-state index in [0.29, 0.717) is 12.0 Å². The molecule has 1 saturated carbocycles. The molecule has 1 saturated heterocycles. The van der Waals surface area contributed by atoms with Crippen LogP contribution >= 0.6 is 12.4 Å². The van der Waals surface area contributed by atoms with Crippen LogP contribution in [0.3, 0.4) is 0 Å². The fraction of sp³-hybridized carbons (Fsp3) is 0.632. The largest absolute Gasteiger partial charge is 0.452 e. The van der Waals surface area contributed by atoms with Crippen LogP contribution in [0.5, 0.6) is 0 Å². The topological polar surface area (TPSA) is 29.5 Å². The Kier molecular flexibility index (Phi) is 6.10. The van der Waals surface area contributed by atoms with Crippen LogP contribution in [0.4, 0.5) is 0 Å². The van der Waals surface area contributed by atoms with E-state index in [4.69, 9.17) is 4.74 Å². The molecule has 1 heterocycles. The molecule has 2 atom stereocenters. The van der Waals surface area contributed by atoms with E-state index < -0.39 is 5.60 Å². The first-order chi connectivity index (χ1) is 10.6. The van der Waals surface area contributed by atoms with Gasteiger partial charge in [0.05, 0.1) is 6.04 Å². The highest BCUT2D eigenvalue weighted by molar-refractivity contribution is 5.85. The third-order valence-electron chi connectivity index (χ3n) is 5.51. The summed E-state index contributed by atoms with van der Waals surface area (Å²) in [6.45, 7) is 2.65. The summed E-state index contributed by atoms with van der Waals surface area (Å²) in [7, 11) is 2.17. The standard InChI is InChI=1S/C19H27NO2.ClH/c1-15(21)22-19(17-11-6-7-12-17,16-9-4-3-5-10-16)18-13-8-14-20(18)2;/h3-5,9-10,17-18H,6-8,11-14H2,1-2H3;1H. The van der Waals surface area contributed by atoms with Gasteiger partial charge in [0, 0.05) is 12.8 Å². The molecule has 1 aromatic carbocycles. The number of hydrogen-bond acceptors (Lipinski definition) is 3. The van der Waals surface area contributed by atoms with E-state index in [9.17, 15) is 4.79 Å². The molecule has 2 aliphatic rings. The molecule has 0 aromatic heterocycles. The van der Waals surface area contributed by atoms with Crippen molar-refractivity contribution in [3.05, 3.63) is 35.9 Å². The highest BCUT2D eigenvalue weighted by atomic mass is 35.5. The number of ether oxygens (including phenoxy) is 1. The Labute approximate surface area is 145 Å². The van der Waals surface area contributed by atoms with Crippen molar-refractivity contribution in [1.29, 1.82) is 0 Å². The zero-order chi connectivity index (χ0) is 15.6. The molecule has 2 fully saturated rings. The van der Waals surface area contributed by atoms with Gasteiger partial charge >= 0.3 is 5.97 Å². The summed E-state index contributed by atoms with van der Waals surface area (Å²) in [4.78, 5) is 14.4. The molecule has 23 heavy (non-hydrogen) atoms. The van der Waals surface area contributed by atoms with Crippen molar-refractivity contribution in [2.45, 2.75) is 57.1 Å². The molecule has 0 N–H and O–H groups in total. The summed E-state index contributed by atoms with van der Waals surface area (Å²) in [6.07, 6.45) is 7.10. The van der Waals surface area contributed by atoms with Crippen LogP contribution in [0, 0.1) is 5.92 Å². The Bertz CT molecular complexity index is 515. The zero-order valence-electron chi connectivity index (χ0n) is 14.2. The van der Waals surface area contributed by atoms with E-state index in [1.165, 1.54) is 24.8 Å². The van der Waals surface area contributed by atoms with Crippen molar-refractivity contribution in [2.75, 3.05) is 13.6 Å². The van der Waals surface area contributed by atoms with E-state index >= 15 is 0 Å². The van der Waals surface area contributed by atoms with Crippen LogP contribution in [0.15, 0.2) is 30.3 Å². The fourth-order valence-corrected chi connectivity index (χ4v) is 4.65. The number of likely N-dealkylation sites (N-methyl/N-ethyl adjacent to an activating group) is 1. The first kappa shape index (κ1) is 18.3. The smallest absolute Gasteiger partial charge is 0.303 e. The summed E-state index contributed by atoms with van der Waals surface area (Å²) in [5.41, 5.74) is 0.699. The molecule has 128 valence electrons. The van der Waals surface area contributed by atoms with Crippen molar-refractivity contribution in [1.82, 2.24) is 4.90 Å². The average molecular weight is 338 g/mol. The quantitative estimate of drug-likeness (QED) is 0.773. The number of halogens is 1. The molecule has 1 aromatic rings. The predicted octanol–water partition coefficient (Wildman–Crippen LogP) is 4.15. The van der Waals surface area contributed by atoms with E-state index in [1.54, 1.807) is 6.92 Å². The normalized spacial score (nSPS) is 24.9. The molecule has 3 rings (SSSR count). The first-order valence-corrected chi connectivity index (χ1v) is 8.60. The summed E-state index contributed by atoms with van der Waals surface area (Å²) in [5, 5.41) is 0. The minimum absolute atomic E-state index is 0. The van der Waals surface area contributed by atoms with Crippen molar-refractivity contribution < 1.29 is 9.53 Å². The van der Waals surface area contributed by atoms with E-state index in [0.717, 1.165) is 25.8 Å². The monoisotopic (exact) mass is 337 g/mol. The van der Waals surface area contributed by atoms with Crippen molar-refractivity contribution >= 4 is 18.4 Å². The van der Waals surface area contributed by atoms with Gasteiger partial charge in [-0.3, -0.25) is 9.69 Å². The molecule has 1 aliphatic carbocycles. The number of carbonyl (C=O) groups excluding carboxylic acids is 1. The van der Waals surface area contributed by atoms with Crippen LogP contribution in [-0.2, 0) is 15.1 Å². The van der Waals surface area contributed by atoms with Gasteiger partial charge in [0.25, 0.3) is 0 Å². The first-order valence-electron chi connectivity index (χ1n) is 8.60. The average Bonchev–Trinajstić information content (AvgIpc) is 3.17. The SMILES string of the molecule is CC(=O)OC(c1ccccc1)(C1CCCC1)C1CCCN1C.Cl. The summed E-state index contributed by atoms with van der Waals surface area (Å²) >= 11 is 0. The molecule has 0 amide bonds. The van der Waals surface area contributed by atoms with Gasteiger partial charge in [-0.25, -0.2) is 0 Å². The molecule has 0 bridgehead atoms. The lowest BCUT2D eigenvalue weighted by Crippen LogP contribution is -2.53. The van der Waals surface area contributed by atoms with Gasteiger partial charge in [0.15, 0.2) is 5.60 Å². The Hall–Kier alpha value is -1.06. The lowest BCUT2D eigenvalue weighted by molar-refractivity contribution is -0.176. The molecule has 1 aliphatic heterocycles. The molecule has 4 heteroatoms. The van der Waals surface area contributed by atoms with E-state index in [2.05, 4.69) is 36.2 Å². The molecule has 2 unspecified atom stereocenters. The maximum absolute atomic E-state index is 12.0. The van der Waals surface area contributed by atoms with Gasteiger partial charge in [-0.2, -0.15) is 0 Å². The van der Waals surface area contributed by atoms with Gasteiger partial charge in [-0.1, -0.05) is 43.2 Å². The van der Waals surface area contributed by atoms with Crippen molar-refractivity contribution in [3.8, 4) is 0 Å². The molecular weight excluding hydrogens is 310 g/mol. The number of nitrogens with zero attached hydrogens (tertiary/aromatic N) is 1. The van der Waals surface area contributed by atoms with Crippen molar-refractivity contribution in [2.24, 2.45) is 5.92 Å². The second-order valence-corrected chi connectivity index (χ2v) is 6.87. The van der Waals surface area contributed by atoms with Gasteiger partial charge in [-0.05, 0) is 44.8 Å². The zero-order valence-corrected chi connectivity index (χ0v) is 15.0. The third kappa shape index (κ3) is 3.41. The van der Waals surface area contributed by atoms with Crippen LogP contribution in [0.2, 0.25) is 0 Å². The van der Waals surface area contributed by atoms with Gasteiger partial charge < -0.3 is 4.74 Å². The Morgan fingerprint density at radius 2 is 1.78 bits per heavy atom. The van der Waals surface area contributed by atoms with Gasteiger partial charge in [0.1, 0.15) is 0 Å². The van der Waals surface area contributed by atoms with Crippen LogP contribution in [0.1, 0.15) is 51.0 Å². The number of hydrogen-bond donors (Lipinski definition) is 0. The highest BCUT2D eigenvalue weighted by Crippen LogP contribution is 2.49. The summed E-state index contributed by atoms with van der Waals surface area (Å²) in [6, 6.07) is 10.8. The van der Waals surface area contributed by atoms with Crippen LogP contribution in [-0.4, -0.2) is 30.5 Å². The maximum Gasteiger partial charge on any atom is 0.303 e.